The van der Waals surface area contributed by atoms with E-state index in [9.17, 15) is 0 Å². The average Bonchev–Trinajstić information content (AvgIpc) is 2.48. The highest BCUT2D eigenvalue weighted by Crippen LogP contribution is 2.26. The number of para-hydroxylation sites is 1. The van der Waals surface area contributed by atoms with Gasteiger partial charge in [0.15, 0.2) is 0 Å². The predicted molar refractivity (Wildman–Crippen MR) is 84.4 cm³/mol. The van der Waals surface area contributed by atoms with Crippen LogP contribution in [0.25, 0.3) is 0 Å². The Balaban J connectivity index is 2.10. The van der Waals surface area contributed by atoms with Crippen LogP contribution in [0.15, 0.2) is 48.5 Å². The summed E-state index contributed by atoms with van der Waals surface area (Å²) in [6.07, 6.45) is 1.09. The lowest BCUT2D eigenvalue weighted by Crippen LogP contribution is -2.19. The summed E-state index contributed by atoms with van der Waals surface area (Å²) in [7, 11) is 0. The molecule has 2 aromatic carbocycles. The van der Waals surface area contributed by atoms with Gasteiger partial charge in [-0.3, -0.25) is 0 Å². The van der Waals surface area contributed by atoms with Crippen molar-refractivity contribution in [1.82, 2.24) is 5.32 Å². The molecule has 0 saturated heterocycles. The third kappa shape index (κ3) is 3.61. The molecule has 0 heterocycles. The predicted octanol–water partition coefficient (Wildman–Crippen LogP) is 4.85. The lowest BCUT2D eigenvalue weighted by atomic mass is 10.0. The van der Waals surface area contributed by atoms with E-state index < -0.39 is 0 Å². The molecule has 0 fully saturated rings. The molecule has 0 aliphatic rings. The summed E-state index contributed by atoms with van der Waals surface area (Å²) < 4.78 is 5.92. The second-order valence-corrected chi connectivity index (χ2v) is 4.96. The van der Waals surface area contributed by atoms with Gasteiger partial charge >= 0.3 is 0 Å². The number of aryl methyl sites for hydroxylation is 1. The molecule has 2 aromatic rings. The first-order valence-corrected chi connectivity index (χ1v) is 7.31. The molecule has 0 aliphatic carbocycles. The van der Waals surface area contributed by atoms with Crippen LogP contribution in [0.3, 0.4) is 0 Å². The highest BCUT2D eigenvalue weighted by molar-refractivity contribution is 5.38. The van der Waals surface area contributed by atoms with E-state index in [0.717, 1.165) is 30.0 Å². The van der Waals surface area contributed by atoms with E-state index in [1.165, 1.54) is 5.56 Å². The summed E-state index contributed by atoms with van der Waals surface area (Å²) in [4.78, 5) is 0. The summed E-state index contributed by atoms with van der Waals surface area (Å²) in [5.74, 6) is 1.80. The number of benzene rings is 2. The maximum atomic E-state index is 5.92. The van der Waals surface area contributed by atoms with E-state index in [1.807, 2.05) is 30.3 Å². The van der Waals surface area contributed by atoms with Crippen LogP contribution >= 0.6 is 0 Å². The molecular formula is C18H23NO. The first-order chi connectivity index (χ1) is 9.74. The van der Waals surface area contributed by atoms with Crippen molar-refractivity contribution in [3.63, 3.8) is 0 Å². The van der Waals surface area contributed by atoms with Gasteiger partial charge < -0.3 is 10.1 Å². The number of nitrogens with one attached hydrogen (secondary N) is 1. The van der Waals surface area contributed by atoms with Crippen molar-refractivity contribution in [2.45, 2.75) is 33.2 Å². The minimum atomic E-state index is 0.424. The Hall–Kier alpha value is -1.80. The SMILES string of the molecule is CCNC(CC)c1ccc(Oc2ccccc2C)cc1. The molecule has 2 nitrogen and oxygen atoms in total. The van der Waals surface area contributed by atoms with Gasteiger partial charge in [-0.2, -0.15) is 0 Å². The van der Waals surface area contributed by atoms with Crippen molar-refractivity contribution >= 4 is 0 Å². The molecule has 1 N–H and O–H groups in total. The number of ether oxygens (including phenoxy) is 1. The molecule has 20 heavy (non-hydrogen) atoms. The van der Waals surface area contributed by atoms with Gasteiger partial charge in [0.05, 0.1) is 0 Å². The third-order valence-corrected chi connectivity index (χ3v) is 3.46. The Morgan fingerprint density at radius 1 is 1.00 bits per heavy atom. The monoisotopic (exact) mass is 269 g/mol. The second-order valence-electron chi connectivity index (χ2n) is 4.96. The lowest BCUT2D eigenvalue weighted by Gasteiger charge is -2.16. The number of hydrogen-bond acceptors (Lipinski definition) is 2. The summed E-state index contributed by atoms with van der Waals surface area (Å²) in [6.45, 7) is 7.38. The first kappa shape index (κ1) is 14.6. The van der Waals surface area contributed by atoms with Gasteiger partial charge in [-0.15, -0.1) is 0 Å². The molecule has 0 saturated carbocycles. The van der Waals surface area contributed by atoms with Crippen LogP contribution in [0.5, 0.6) is 11.5 Å². The molecule has 0 radical (unpaired) electrons. The van der Waals surface area contributed by atoms with Crippen molar-refractivity contribution < 1.29 is 4.74 Å². The summed E-state index contributed by atoms with van der Waals surface area (Å²) >= 11 is 0. The van der Waals surface area contributed by atoms with Crippen LogP contribution in [0.2, 0.25) is 0 Å². The van der Waals surface area contributed by atoms with Gasteiger partial charge in [-0.25, -0.2) is 0 Å². The minimum absolute atomic E-state index is 0.424. The standard InChI is InChI=1S/C18H23NO/c1-4-17(19-5-2)15-10-12-16(13-11-15)20-18-9-7-6-8-14(18)3/h6-13,17,19H,4-5H2,1-3H3. The molecule has 0 aromatic heterocycles. The lowest BCUT2D eigenvalue weighted by molar-refractivity contribution is 0.477. The van der Waals surface area contributed by atoms with E-state index in [2.05, 4.69) is 44.3 Å². The third-order valence-electron chi connectivity index (χ3n) is 3.46. The quantitative estimate of drug-likeness (QED) is 0.809. The molecule has 2 rings (SSSR count). The topological polar surface area (TPSA) is 21.3 Å². The number of hydrogen-bond donors (Lipinski definition) is 1. The Bertz CT molecular complexity index is 533. The highest BCUT2D eigenvalue weighted by atomic mass is 16.5. The maximum absolute atomic E-state index is 5.92. The van der Waals surface area contributed by atoms with E-state index in [4.69, 9.17) is 4.74 Å². The van der Waals surface area contributed by atoms with Gasteiger partial charge in [0.1, 0.15) is 11.5 Å². The molecule has 1 unspecified atom stereocenters. The normalized spacial score (nSPS) is 12.2. The zero-order chi connectivity index (χ0) is 14.4. The van der Waals surface area contributed by atoms with Gasteiger partial charge in [0.25, 0.3) is 0 Å². The van der Waals surface area contributed by atoms with Crippen LogP contribution in [-0.4, -0.2) is 6.54 Å². The zero-order valence-electron chi connectivity index (χ0n) is 12.5. The molecule has 106 valence electrons. The average molecular weight is 269 g/mol. The van der Waals surface area contributed by atoms with Gasteiger partial charge in [0, 0.05) is 6.04 Å². The highest BCUT2D eigenvalue weighted by Gasteiger charge is 2.07. The molecule has 1 atom stereocenters. The van der Waals surface area contributed by atoms with Crippen molar-refractivity contribution in [2.24, 2.45) is 0 Å². The second kappa shape index (κ2) is 7.11. The van der Waals surface area contributed by atoms with Crippen molar-refractivity contribution in [1.29, 1.82) is 0 Å². The first-order valence-electron chi connectivity index (χ1n) is 7.31. The van der Waals surface area contributed by atoms with Gasteiger partial charge in [0.2, 0.25) is 0 Å². The Morgan fingerprint density at radius 2 is 1.70 bits per heavy atom. The largest absolute Gasteiger partial charge is 0.457 e. The van der Waals surface area contributed by atoms with Crippen LogP contribution in [0, 0.1) is 6.92 Å². The summed E-state index contributed by atoms with van der Waals surface area (Å²) in [5.41, 5.74) is 2.46. The molecule has 0 aliphatic heterocycles. The Kier molecular flexibility index (Phi) is 5.19. The van der Waals surface area contributed by atoms with Gasteiger partial charge in [-0.1, -0.05) is 44.2 Å². The Morgan fingerprint density at radius 3 is 2.30 bits per heavy atom. The van der Waals surface area contributed by atoms with Crippen molar-refractivity contribution in [3.05, 3.63) is 59.7 Å². The van der Waals surface area contributed by atoms with Gasteiger partial charge in [-0.05, 0) is 49.2 Å². The smallest absolute Gasteiger partial charge is 0.130 e. The molecular weight excluding hydrogens is 246 g/mol. The van der Waals surface area contributed by atoms with Crippen LogP contribution in [0.4, 0.5) is 0 Å². The van der Waals surface area contributed by atoms with Crippen molar-refractivity contribution in [2.75, 3.05) is 6.54 Å². The van der Waals surface area contributed by atoms with E-state index in [-0.39, 0.29) is 0 Å². The fourth-order valence-corrected chi connectivity index (χ4v) is 2.31. The van der Waals surface area contributed by atoms with Crippen molar-refractivity contribution in [3.8, 4) is 11.5 Å². The van der Waals surface area contributed by atoms with Crippen LogP contribution in [0.1, 0.15) is 37.4 Å². The van der Waals surface area contributed by atoms with E-state index in [0.29, 0.717) is 6.04 Å². The van der Waals surface area contributed by atoms with E-state index >= 15 is 0 Å². The fourth-order valence-electron chi connectivity index (χ4n) is 2.31. The summed E-state index contributed by atoms with van der Waals surface area (Å²) in [6, 6.07) is 16.9. The van der Waals surface area contributed by atoms with Crippen LogP contribution in [-0.2, 0) is 0 Å². The fraction of sp³-hybridized carbons (Fsp3) is 0.333. The molecule has 0 bridgehead atoms. The molecule has 2 heteroatoms. The Labute approximate surface area is 121 Å². The van der Waals surface area contributed by atoms with E-state index in [1.54, 1.807) is 0 Å². The number of rotatable bonds is 6. The maximum Gasteiger partial charge on any atom is 0.130 e. The summed E-state index contributed by atoms with van der Waals surface area (Å²) in [5, 5.41) is 3.49. The molecule has 0 spiro atoms. The molecule has 0 amide bonds. The van der Waals surface area contributed by atoms with Crippen LogP contribution < -0.4 is 10.1 Å². The zero-order valence-corrected chi connectivity index (χ0v) is 12.5. The minimum Gasteiger partial charge on any atom is -0.457 e.